The molecule has 4 rings (SSSR count). The summed E-state index contributed by atoms with van der Waals surface area (Å²) in [6.07, 6.45) is -0.582. The van der Waals surface area contributed by atoms with Gasteiger partial charge >= 0.3 is 6.18 Å². The summed E-state index contributed by atoms with van der Waals surface area (Å²) in [5.41, 5.74) is 2.01. The van der Waals surface area contributed by atoms with Gasteiger partial charge in [-0.2, -0.15) is 18.3 Å². The molecule has 1 aromatic carbocycles. The Bertz CT molecular complexity index is 1010. The molecule has 1 fully saturated rings. The van der Waals surface area contributed by atoms with E-state index in [1.807, 2.05) is 0 Å². The summed E-state index contributed by atoms with van der Waals surface area (Å²) in [5, 5.41) is 7.29. The van der Waals surface area contributed by atoms with Gasteiger partial charge in [0.1, 0.15) is 11.4 Å². The van der Waals surface area contributed by atoms with Gasteiger partial charge in [0, 0.05) is 12.6 Å². The van der Waals surface area contributed by atoms with E-state index >= 15 is 0 Å². The van der Waals surface area contributed by atoms with E-state index in [0.717, 1.165) is 18.4 Å². The van der Waals surface area contributed by atoms with Crippen LogP contribution in [0.25, 0.3) is 10.2 Å². The minimum atomic E-state index is -4.40. The summed E-state index contributed by atoms with van der Waals surface area (Å²) in [4.78, 5) is 17.0. The van der Waals surface area contributed by atoms with E-state index in [-0.39, 0.29) is 11.7 Å². The van der Waals surface area contributed by atoms with Gasteiger partial charge in [-0.1, -0.05) is 11.3 Å². The highest BCUT2D eigenvalue weighted by Gasteiger charge is 2.31. The quantitative estimate of drug-likeness (QED) is 0.705. The van der Waals surface area contributed by atoms with Crippen LogP contribution in [-0.2, 0) is 7.05 Å². The molecule has 2 heterocycles. The third kappa shape index (κ3) is 3.90. The van der Waals surface area contributed by atoms with Gasteiger partial charge in [-0.15, -0.1) is 0 Å². The average molecular weight is 396 g/mol. The molecule has 0 aliphatic heterocycles. The third-order valence-corrected chi connectivity index (χ3v) is 5.12. The van der Waals surface area contributed by atoms with E-state index in [1.54, 1.807) is 24.0 Å². The molecular weight excluding hydrogens is 381 g/mol. The van der Waals surface area contributed by atoms with Gasteiger partial charge in [0.15, 0.2) is 11.7 Å². The summed E-state index contributed by atoms with van der Waals surface area (Å²) in [6.45, 7) is -1.36. The number of alkyl halides is 3. The average Bonchev–Trinajstić information content (AvgIpc) is 3.24. The Kier molecular flexibility index (Phi) is 4.29. The largest absolute Gasteiger partial charge is 0.484 e. The number of nitrogens with one attached hydrogen (secondary N) is 1. The Morgan fingerprint density at radius 1 is 1.41 bits per heavy atom. The summed E-state index contributed by atoms with van der Waals surface area (Å²) >= 11 is 1.17. The lowest BCUT2D eigenvalue weighted by atomic mass is 10.1. The zero-order chi connectivity index (χ0) is 19.2. The number of ether oxygens (including phenoxy) is 1. The van der Waals surface area contributed by atoms with E-state index in [1.165, 1.54) is 23.5 Å². The molecular formula is C17H15F3N4O2S. The fraction of sp³-hybridized carbons (Fsp3) is 0.353. The molecule has 1 N–H and O–H groups in total. The Morgan fingerprint density at radius 2 is 2.19 bits per heavy atom. The van der Waals surface area contributed by atoms with E-state index in [0.29, 0.717) is 27.0 Å². The normalized spacial score (nSPS) is 14.5. The third-order valence-electron chi connectivity index (χ3n) is 4.18. The number of aromatic nitrogens is 3. The Labute approximate surface area is 156 Å². The highest BCUT2D eigenvalue weighted by atomic mass is 32.1. The minimum absolute atomic E-state index is 0.101. The molecule has 0 atom stereocenters. The number of benzene rings is 1. The highest BCUT2D eigenvalue weighted by Crippen LogP contribution is 2.41. The highest BCUT2D eigenvalue weighted by molar-refractivity contribution is 7.22. The molecule has 0 unspecified atom stereocenters. The molecule has 0 saturated heterocycles. The van der Waals surface area contributed by atoms with Crippen LogP contribution in [0.1, 0.15) is 34.8 Å². The number of hydrogen-bond acceptors (Lipinski definition) is 5. The molecule has 10 heteroatoms. The molecule has 1 saturated carbocycles. The SMILES string of the molecule is Cn1ncc(C2CC2)c1C(=O)Nc1nc2ccc(OCC(F)(F)F)cc2s1. The van der Waals surface area contributed by atoms with Crippen LogP contribution in [0.4, 0.5) is 18.3 Å². The molecule has 142 valence electrons. The van der Waals surface area contributed by atoms with E-state index in [9.17, 15) is 18.0 Å². The monoisotopic (exact) mass is 396 g/mol. The van der Waals surface area contributed by atoms with Crippen molar-refractivity contribution < 1.29 is 22.7 Å². The summed E-state index contributed by atoms with van der Waals surface area (Å²) in [6, 6.07) is 4.46. The van der Waals surface area contributed by atoms with Gasteiger partial charge in [-0.25, -0.2) is 4.98 Å². The summed E-state index contributed by atoms with van der Waals surface area (Å²) in [5.74, 6) is 0.177. The maximum absolute atomic E-state index is 12.7. The first-order valence-corrected chi connectivity index (χ1v) is 9.05. The van der Waals surface area contributed by atoms with Crippen molar-refractivity contribution in [3.63, 3.8) is 0 Å². The Balaban J connectivity index is 1.52. The van der Waals surface area contributed by atoms with Crippen LogP contribution in [-0.4, -0.2) is 33.5 Å². The van der Waals surface area contributed by atoms with Crippen LogP contribution in [0.15, 0.2) is 24.4 Å². The smallest absolute Gasteiger partial charge is 0.422 e. The van der Waals surface area contributed by atoms with Crippen LogP contribution < -0.4 is 10.1 Å². The fourth-order valence-corrected chi connectivity index (χ4v) is 3.68. The number of carbonyl (C=O) groups is 1. The zero-order valence-corrected chi connectivity index (χ0v) is 15.0. The predicted octanol–water partition coefficient (Wildman–Crippen LogP) is 4.10. The van der Waals surface area contributed by atoms with Crippen molar-refractivity contribution in [3.8, 4) is 5.75 Å². The Morgan fingerprint density at radius 3 is 2.89 bits per heavy atom. The number of carbonyl (C=O) groups excluding carboxylic acids is 1. The number of halogens is 3. The number of fused-ring (bicyclic) bond motifs is 1. The van der Waals surface area contributed by atoms with Crippen LogP contribution in [0, 0.1) is 0 Å². The number of hydrogen-bond donors (Lipinski definition) is 1. The molecule has 0 radical (unpaired) electrons. The standard InChI is InChI=1S/C17H15F3N4O2S/c1-24-14(11(7-21-24)9-2-3-9)15(25)23-16-22-12-5-4-10(6-13(12)27-16)26-8-17(18,19)20/h4-7,9H,2-3,8H2,1H3,(H,22,23,25). The van der Waals surface area contributed by atoms with E-state index in [4.69, 9.17) is 4.74 Å². The number of rotatable bonds is 5. The van der Waals surface area contributed by atoms with Crippen molar-refractivity contribution in [2.45, 2.75) is 24.9 Å². The topological polar surface area (TPSA) is 69.0 Å². The second-order valence-corrected chi connectivity index (χ2v) is 7.38. The van der Waals surface area contributed by atoms with Crippen molar-refractivity contribution in [2.75, 3.05) is 11.9 Å². The summed E-state index contributed by atoms with van der Waals surface area (Å²) in [7, 11) is 1.71. The Hall–Kier alpha value is -2.62. The van der Waals surface area contributed by atoms with Crippen molar-refractivity contribution in [1.82, 2.24) is 14.8 Å². The molecule has 1 amide bonds. The van der Waals surface area contributed by atoms with Gasteiger partial charge in [-0.3, -0.25) is 14.8 Å². The van der Waals surface area contributed by atoms with E-state index in [2.05, 4.69) is 15.4 Å². The van der Waals surface area contributed by atoms with Crippen molar-refractivity contribution in [2.24, 2.45) is 7.05 Å². The molecule has 0 spiro atoms. The lowest BCUT2D eigenvalue weighted by Crippen LogP contribution is -2.19. The predicted molar refractivity (Wildman–Crippen MR) is 94.3 cm³/mol. The second kappa shape index (κ2) is 6.52. The van der Waals surface area contributed by atoms with Crippen LogP contribution in [0.3, 0.4) is 0 Å². The van der Waals surface area contributed by atoms with Gasteiger partial charge in [0.05, 0.1) is 16.4 Å². The first-order chi connectivity index (χ1) is 12.8. The first-order valence-electron chi connectivity index (χ1n) is 8.23. The number of nitrogens with zero attached hydrogens (tertiary/aromatic N) is 3. The van der Waals surface area contributed by atoms with Crippen LogP contribution in [0.2, 0.25) is 0 Å². The van der Waals surface area contributed by atoms with Crippen molar-refractivity contribution in [3.05, 3.63) is 35.7 Å². The molecule has 27 heavy (non-hydrogen) atoms. The number of anilines is 1. The van der Waals surface area contributed by atoms with Crippen LogP contribution in [0.5, 0.6) is 5.75 Å². The molecule has 0 bridgehead atoms. The fourth-order valence-electron chi connectivity index (χ4n) is 2.80. The molecule has 1 aliphatic carbocycles. The van der Waals surface area contributed by atoms with Gasteiger partial charge in [-0.05, 0) is 37.0 Å². The van der Waals surface area contributed by atoms with Crippen LogP contribution >= 0.6 is 11.3 Å². The van der Waals surface area contributed by atoms with Gasteiger partial charge < -0.3 is 4.74 Å². The lowest BCUT2D eigenvalue weighted by Gasteiger charge is -2.08. The molecule has 3 aromatic rings. The number of amides is 1. The van der Waals surface area contributed by atoms with Crippen molar-refractivity contribution >= 4 is 32.6 Å². The maximum Gasteiger partial charge on any atom is 0.422 e. The summed E-state index contributed by atoms with van der Waals surface area (Å²) < 4.78 is 43.7. The van der Waals surface area contributed by atoms with Gasteiger partial charge in [0.25, 0.3) is 5.91 Å². The molecule has 2 aromatic heterocycles. The lowest BCUT2D eigenvalue weighted by molar-refractivity contribution is -0.153. The first kappa shape index (κ1) is 17.8. The zero-order valence-electron chi connectivity index (χ0n) is 14.2. The van der Waals surface area contributed by atoms with Crippen molar-refractivity contribution in [1.29, 1.82) is 0 Å². The molecule has 6 nitrogen and oxygen atoms in total. The van der Waals surface area contributed by atoms with Gasteiger partial charge in [0.2, 0.25) is 0 Å². The minimum Gasteiger partial charge on any atom is -0.484 e. The molecule has 1 aliphatic rings. The number of thiazole rings is 1. The van der Waals surface area contributed by atoms with E-state index < -0.39 is 12.8 Å². The number of aryl methyl sites for hydroxylation is 1. The maximum atomic E-state index is 12.7. The second-order valence-electron chi connectivity index (χ2n) is 6.35.